The number of hydrogen-bond donors (Lipinski definition) is 2. The summed E-state index contributed by atoms with van der Waals surface area (Å²) in [5.74, 6) is 1.18. The summed E-state index contributed by atoms with van der Waals surface area (Å²) in [4.78, 5) is 8.92. The van der Waals surface area contributed by atoms with Gasteiger partial charge >= 0.3 is 0 Å². The fourth-order valence-electron chi connectivity index (χ4n) is 2.75. The maximum absolute atomic E-state index is 5.29. The Morgan fingerprint density at radius 1 is 1.11 bits per heavy atom. The Hall–Kier alpha value is -3.94. The van der Waals surface area contributed by atoms with Gasteiger partial charge in [0.2, 0.25) is 5.95 Å². The van der Waals surface area contributed by atoms with Gasteiger partial charge in [-0.1, -0.05) is 23.9 Å². The molecule has 4 rings (SSSR count). The highest BCUT2D eigenvalue weighted by molar-refractivity contribution is 5.73. The number of allylic oxidation sites excluding steroid dienone is 1. The van der Waals surface area contributed by atoms with Gasteiger partial charge in [-0.05, 0) is 37.3 Å². The minimum absolute atomic E-state index is 0.450. The predicted molar refractivity (Wildman–Crippen MR) is 109 cm³/mol. The lowest BCUT2D eigenvalue weighted by Crippen LogP contribution is -2.02. The maximum atomic E-state index is 5.29. The van der Waals surface area contributed by atoms with Crippen LogP contribution < -0.4 is 15.4 Å². The smallest absolute Gasteiger partial charge is 0.229 e. The lowest BCUT2D eigenvalue weighted by atomic mass is 10.2. The van der Waals surface area contributed by atoms with E-state index in [0.29, 0.717) is 17.1 Å². The van der Waals surface area contributed by atoms with Gasteiger partial charge in [-0.25, -0.2) is 4.98 Å². The molecule has 0 radical (unpaired) electrons. The fourth-order valence-corrected chi connectivity index (χ4v) is 2.75. The second-order valence-corrected chi connectivity index (χ2v) is 6.22. The van der Waals surface area contributed by atoms with E-state index >= 15 is 0 Å². The van der Waals surface area contributed by atoms with E-state index < -0.39 is 0 Å². The molecule has 0 aliphatic carbocycles. The summed E-state index contributed by atoms with van der Waals surface area (Å²) in [7, 11) is 1.62. The highest BCUT2D eigenvalue weighted by atomic mass is 16.5. The van der Waals surface area contributed by atoms with Crippen molar-refractivity contribution in [3.63, 3.8) is 0 Å². The van der Waals surface area contributed by atoms with Gasteiger partial charge in [0.25, 0.3) is 0 Å². The van der Waals surface area contributed by atoms with Crippen molar-refractivity contribution in [2.45, 2.75) is 6.92 Å². The first-order chi connectivity index (χ1) is 13.6. The molecule has 2 aromatic heterocycles. The largest absolute Gasteiger partial charge is 0.497 e. The molecular weight excluding hydrogens is 354 g/mol. The van der Waals surface area contributed by atoms with E-state index in [4.69, 9.17) is 4.74 Å². The maximum Gasteiger partial charge on any atom is 0.229 e. The molecule has 28 heavy (non-hydrogen) atoms. The van der Waals surface area contributed by atoms with Crippen LogP contribution in [0.5, 0.6) is 5.75 Å². The van der Waals surface area contributed by atoms with Crippen molar-refractivity contribution in [3.05, 3.63) is 67.0 Å². The van der Waals surface area contributed by atoms with Gasteiger partial charge in [0.1, 0.15) is 5.75 Å². The molecule has 0 atom stereocenters. The molecule has 2 heterocycles. The van der Waals surface area contributed by atoms with E-state index in [0.717, 1.165) is 28.5 Å². The van der Waals surface area contributed by atoms with Crippen molar-refractivity contribution in [2.75, 3.05) is 17.7 Å². The number of ether oxygens (including phenoxy) is 1. The average Bonchev–Trinajstić information content (AvgIpc) is 3.11. The number of aromatic nitrogens is 5. The molecule has 4 aromatic rings. The molecule has 8 nitrogen and oxygen atoms in total. The monoisotopic (exact) mass is 373 g/mol. The fraction of sp³-hybridized carbons (Fsp3) is 0.100. The number of anilines is 3. The number of hydrogen-bond acceptors (Lipinski definition) is 7. The summed E-state index contributed by atoms with van der Waals surface area (Å²) in [5.41, 5.74) is 4.66. The quantitative estimate of drug-likeness (QED) is 0.529. The summed E-state index contributed by atoms with van der Waals surface area (Å²) in [5, 5.41) is 14.7. The normalized spacial score (nSPS) is 10.6. The van der Waals surface area contributed by atoms with Gasteiger partial charge in [0.05, 0.1) is 19.0 Å². The van der Waals surface area contributed by atoms with E-state index in [1.54, 1.807) is 18.0 Å². The van der Waals surface area contributed by atoms with Gasteiger partial charge in [-0.2, -0.15) is 9.67 Å². The molecule has 0 aliphatic rings. The number of nitrogens with one attached hydrogen (secondary N) is 2. The zero-order valence-electron chi connectivity index (χ0n) is 15.5. The highest BCUT2D eigenvalue weighted by Crippen LogP contribution is 2.22. The van der Waals surface area contributed by atoms with Crippen LogP contribution in [0, 0.1) is 0 Å². The summed E-state index contributed by atoms with van der Waals surface area (Å²) in [6.07, 6.45) is 1.64. The zero-order valence-corrected chi connectivity index (χ0v) is 15.5. The zero-order chi connectivity index (χ0) is 19.5. The number of methoxy groups -OCH3 is 1. The number of benzene rings is 2. The molecule has 0 saturated carbocycles. The van der Waals surface area contributed by atoms with Crippen molar-refractivity contribution >= 4 is 28.5 Å². The SMILES string of the molecule is C=C(C)Nc1cccc(Nc2ncc3nnn(-c4cccc(OC)c4)c3n2)c1. The third-order valence-corrected chi connectivity index (χ3v) is 3.97. The van der Waals surface area contributed by atoms with E-state index in [1.165, 1.54) is 0 Å². The lowest BCUT2D eigenvalue weighted by Gasteiger charge is -2.09. The van der Waals surface area contributed by atoms with E-state index in [-0.39, 0.29) is 0 Å². The summed E-state index contributed by atoms with van der Waals surface area (Å²) < 4.78 is 6.94. The predicted octanol–water partition coefficient (Wildman–Crippen LogP) is 3.91. The molecule has 2 N–H and O–H groups in total. The van der Waals surface area contributed by atoms with Crippen LogP contribution >= 0.6 is 0 Å². The number of rotatable bonds is 6. The Morgan fingerprint density at radius 3 is 2.75 bits per heavy atom. The van der Waals surface area contributed by atoms with Gasteiger partial charge < -0.3 is 15.4 Å². The molecule has 0 bridgehead atoms. The van der Waals surface area contributed by atoms with Crippen LogP contribution in [0.4, 0.5) is 17.3 Å². The van der Waals surface area contributed by atoms with E-state index in [2.05, 4.69) is 37.5 Å². The second-order valence-electron chi connectivity index (χ2n) is 6.22. The molecule has 8 heteroatoms. The standard InChI is InChI=1S/C20H19N7O/c1-13(2)22-14-6-4-7-15(10-14)23-20-21-12-18-19(24-20)27(26-25-18)16-8-5-9-17(11-16)28-3/h4-12,22H,1H2,2-3H3,(H,21,23,24). The minimum atomic E-state index is 0.450. The summed E-state index contributed by atoms with van der Waals surface area (Å²) in [6.45, 7) is 5.77. The van der Waals surface area contributed by atoms with E-state index in [9.17, 15) is 0 Å². The van der Waals surface area contributed by atoms with Crippen molar-refractivity contribution in [2.24, 2.45) is 0 Å². The molecule has 0 unspecified atom stereocenters. The van der Waals surface area contributed by atoms with Gasteiger partial charge in [-0.3, -0.25) is 0 Å². The van der Waals surface area contributed by atoms with Crippen LogP contribution in [0.25, 0.3) is 16.9 Å². The summed E-state index contributed by atoms with van der Waals surface area (Å²) >= 11 is 0. The van der Waals surface area contributed by atoms with Gasteiger partial charge in [0.15, 0.2) is 11.2 Å². The van der Waals surface area contributed by atoms with Crippen molar-refractivity contribution in [1.29, 1.82) is 0 Å². The van der Waals surface area contributed by atoms with Crippen LogP contribution in [0.3, 0.4) is 0 Å². The first-order valence-electron chi connectivity index (χ1n) is 8.65. The van der Waals surface area contributed by atoms with Crippen LogP contribution in [-0.2, 0) is 0 Å². The van der Waals surface area contributed by atoms with Crippen LogP contribution in [0.15, 0.2) is 67.0 Å². The second kappa shape index (κ2) is 7.36. The van der Waals surface area contributed by atoms with Crippen molar-refractivity contribution in [3.8, 4) is 11.4 Å². The van der Waals surface area contributed by atoms with Crippen LogP contribution in [0.1, 0.15) is 6.92 Å². The topological polar surface area (TPSA) is 89.8 Å². The molecule has 0 spiro atoms. The number of nitrogens with zero attached hydrogens (tertiary/aromatic N) is 5. The first kappa shape index (κ1) is 17.5. The Balaban J connectivity index is 1.67. The molecular formula is C20H19N7O. The average molecular weight is 373 g/mol. The van der Waals surface area contributed by atoms with E-state index in [1.807, 2.05) is 55.5 Å². The molecule has 2 aromatic carbocycles. The first-order valence-corrected chi connectivity index (χ1v) is 8.65. The van der Waals surface area contributed by atoms with Crippen molar-refractivity contribution < 1.29 is 4.74 Å². The van der Waals surface area contributed by atoms with Crippen molar-refractivity contribution in [1.82, 2.24) is 25.0 Å². The Bertz CT molecular complexity index is 1150. The molecule has 0 aliphatic heterocycles. The summed E-state index contributed by atoms with van der Waals surface area (Å²) in [6, 6.07) is 15.3. The third-order valence-electron chi connectivity index (χ3n) is 3.97. The van der Waals surface area contributed by atoms with Crippen LogP contribution in [0.2, 0.25) is 0 Å². The lowest BCUT2D eigenvalue weighted by molar-refractivity contribution is 0.414. The molecule has 140 valence electrons. The van der Waals surface area contributed by atoms with Gasteiger partial charge in [0, 0.05) is 23.1 Å². The Morgan fingerprint density at radius 2 is 1.93 bits per heavy atom. The third kappa shape index (κ3) is 3.61. The Kier molecular flexibility index (Phi) is 4.59. The minimum Gasteiger partial charge on any atom is -0.497 e. The highest BCUT2D eigenvalue weighted by Gasteiger charge is 2.11. The molecule has 0 amide bonds. The molecule has 0 saturated heterocycles. The Labute approximate surface area is 161 Å². The number of fused-ring (bicyclic) bond motifs is 1. The van der Waals surface area contributed by atoms with Gasteiger partial charge in [-0.15, -0.1) is 5.10 Å². The van der Waals surface area contributed by atoms with Crippen LogP contribution in [-0.4, -0.2) is 32.1 Å². The molecule has 0 fully saturated rings.